The third kappa shape index (κ3) is 2.10. The molecule has 1 saturated carbocycles. The first-order chi connectivity index (χ1) is 8.75. The fourth-order valence-electron chi connectivity index (χ4n) is 3.15. The van der Waals surface area contributed by atoms with E-state index in [0.717, 1.165) is 24.5 Å². The first-order valence-electron chi connectivity index (χ1n) is 6.93. The van der Waals surface area contributed by atoms with Gasteiger partial charge in [-0.25, -0.2) is 9.99 Å². The molecule has 0 amide bonds. The molecule has 98 valence electrons. The molecule has 2 heterocycles. The van der Waals surface area contributed by atoms with E-state index in [2.05, 4.69) is 9.99 Å². The summed E-state index contributed by atoms with van der Waals surface area (Å²) in [5.41, 5.74) is 0.998. The van der Waals surface area contributed by atoms with Crippen molar-refractivity contribution in [3.05, 3.63) is 23.9 Å². The van der Waals surface area contributed by atoms with Gasteiger partial charge in [-0.05, 0) is 31.9 Å². The highest BCUT2D eigenvalue weighted by Gasteiger charge is 2.36. The number of aliphatic hydroxyl groups excluding tert-OH is 1. The molecule has 0 bridgehead atoms. The topological polar surface area (TPSA) is 39.6 Å². The molecule has 2 aliphatic rings. The van der Waals surface area contributed by atoms with E-state index in [9.17, 15) is 5.11 Å². The van der Waals surface area contributed by atoms with Crippen LogP contribution < -0.4 is 5.01 Å². The Balaban J connectivity index is 1.86. The smallest absolute Gasteiger partial charge is 0.145 e. The predicted molar refractivity (Wildman–Crippen MR) is 71.0 cm³/mol. The number of anilines is 1. The summed E-state index contributed by atoms with van der Waals surface area (Å²) in [4.78, 5) is 4.55. The highest BCUT2D eigenvalue weighted by molar-refractivity contribution is 5.39. The number of aryl methyl sites for hydroxylation is 1. The molecule has 3 rings (SSSR count). The Morgan fingerprint density at radius 3 is 2.72 bits per heavy atom. The van der Waals surface area contributed by atoms with E-state index in [0.29, 0.717) is 6.04 Å². The van der Waals surface area contributed by atoms with Crippen LogP contribution in [0.4, 0.5) is 5.82 Å². The molecule has 4 heteroatoms. The fourth-order valence-corrected chi connectivity index (χ4v) is 3.15. The van der Waals surface area contributed by atoms with Crippen molar-refractivity contribution in [1.82, 2.24) is 9.99 Å². The Bertz CT molecular complexity index is 417. The average molecular weight is 247 g/mol. The summed E-state index contributed by atoms with van der Waals surface area (Å²) in [7, 11) is 0. The van der Waals surface area contributed by atoms with Crippen LogP contribution in [0.15, 0.2) is 18.2 Å². The Morgan fingerprint density at radius 1 is 1.22 bits per heavy atom. The van der Waals surface area contributed by atoms with Crippen molar-refractivity contribution in [3.8, 4) is 0 Å². The summed E-state index contributed by atoms with van der Waals surface area (Å²) >= 11 is 0. The van der Waals surface area contributed by atoms with Crippen LogP contribution in [0.2, 0.25) is 0 Å². The van der Waals surface area contributed by atoms with Crippen molar-refractivity contribution in [2.24, 2.45) is 0 Å². The lowest BCUT2D eigenvalue weighted by Gasteiger charge is -2.35. The van der Waals surface area contributed by atoms with E-state index in [-0.39, 0.29) is 0 Å². The van der Waals surface area contributed by atoms with Crippen LogP contribution in [0.25, 0.3) is 0 Å². The van der Waals surface area contributed by atoms with Gasteiger partial charge in [-0.3, -0.25) is 5.01 Å². The van der Waals surface area contributed by atoms with Crippen LogP contribution in [0.1, 0.15) is 37.8 Å². The molecule has 1 aromatic rings. The Morgan fingerprint density at radius 2 is 2.00 bits per heavy atom. The molecule has 1 saturated heterocycles. The highest BCUT2D eigenvalue weighted by Crippen LogP contribution is 2.32. The second kappa shape index (κ2) is 4.86. The minimum atomic E-state index is -0.417. The second-order valence-electron chi connectivity index (χ2n) is 5.35. The van der Waals surface area contributed by atoms with Crippen molar-refractivity contribution in [1.29, 1.82) is 0 Å². The molecule has 1 aromatic heterocycles. The molecule has 18 heavy (non-hydrogen) atoms. The second-order valence-corrected chi connectivity index (χ2v) is 5.35. The van der Waals surface area contributed by atoms with E-state index in [1.165, 1.54) is 25.7 Å². The number of hydrogen-bond acceptors (Lipinski definition) is 4. The van der Waals surface area contributed by atoms with E-state index in [4.69, 9.17) is 0 Å². The van der Waals surface area contributed by atoms with Gasteiger partial charge in [0, 0.05) is 24.7 Å². The van der Waals surface area contributed by atoms with Crippen molar-refractivity contribution < 1.29 is 5.11 Å². The van der Waals surface area contributed by atoms with E-state index < -0.39 is 6.23 Å². The van der Waals surface area contributed by atoms with Crippen molar-refractivity contribution in [2.75, 3.05) is 11.6 Å². The van der Waals surface area contributed by atoms with Gasteiger partial charge in [0.15, 0.2) is 0 Å². The SMILES string of the molecule is Cc1cccc(N2C(O)CCN2C2CCCC2)n1. The zero-order valence-corrected chi connectivity index (χ0v) is 10.9. The maximum atomic E-state index is 10.2. The lowest BCUT2D eigenvalue weighted by Crippen LogP contribution is -2.46. The third-order valence-corrected chi connectivity index (χ3v) is 4.03. The van der Waals surface area contributed by atoms with Gasteiger partial charge in [-0.1, -0.05) is 18.9 Å². The molecule has 1 unspecified atom stereocenters. The Labute approximate surface area is 108 Å². The molecule has 0 radical (unpaired) electrons. The van der Waals surface area contributed by atoms with Gasteiger partial charge in [0.25, 0.3) is 0 Å². The maximum absolute atomic E-state index is 10.2. The molecule has 1 atom stereocenters. The molecule has 1 aliphatic carbocycles. The zero-order valence-electron chi connectivity index (χ0n) is 10.9. The van der Waals surface area contributed by atoms with Gasteiger partial charge in [0.2, 0.25) is 0 Å². The summed E-state index contributed by atoms with van der Waals surface area (Å²) in [6.45, 7) is 2.94. The molecule has 2 fully saturated rings. The summed E-state index contributed by atoms with van der Waals surface area (Å²) in [6, 6.07) is 6.58. The van der Waals surface area contributed by atoms with Crippen molar-refractivity contribution in [2.45, 2.75) is 51.3 Å². The molecular formula is C14H21N3O. The first kappa shape index (κ1) is 11.9. The van der Waals surface area contributed by atoms with E-state index >= 15 is 0 Å². The molecular weight excluding hydrogens is 226 g/mol. The van der Waals surface area contributed by atoms with Crippen LogP contribution in [0.3, 0.4) is 0 Å². The first-order valence-corrected chi connectivity index (χ1v) is 6.93. The van der Waals surface area contributed by atoms with Crippen LogP contribution in [0, 0.1) is 6.92 Å². The van der Waals surface area contributed by atoms with Gasteiger partial charge in [-0.2, -0.15) is 0 Å². The standard InChI is InChI=1S/C14H21N3O/c1-11-5-4-8-13(15-11)17-14(18)9-10-16(17)12-6-2-3-7-12/h4-5,8,12,14,18H,2-3,6-7,9-10H2,1H3. The molecule has 1 aliphatic heterocycles. The normalized spacial score (nSPS) is 26.1. The number of pyridine rings is 1. The van der Waals surface area contributed by atoms with E-state index in [1.807, 2.05) is 30.1 Å². The monoisotopic (exact) mass is 247 g/mol. The van der Waals surface area contributed by atoms with Gasteiger partial charge in [0.1, 0.15) is 12.0 Å². The minimum Gasteiger partial charge on any atom is -0.372 e. The van der Waals surface area contributed by atoms with Gasteiger partial charge >= 0.3 is 0 Å². The lowest BCUT2D eigenvalue weighted by atomic mass is 10.2. The van der Waals surface area contributed by atoms with E-state index in [1.54, 1.807) is 0 Å². The summed E-state index contributed by atoms with van der Waals surface area (Å²) in [6.07, 6.45) is 5.51. The highest BCUT2D eigenvalue weighted by atomic mass is 16.3. The van der Waals surface area contributed by atoms with Crippen molar-refractivity contribution >= 4 is 5.82 Å². The predicted octanol–water partition coefficient (Wildman–Crippen LogP) is 2.08. The number of aliphatic hydroxyl groups is 1. The quantitative estimate of drug-likeness (QED) is 0.868. The Kier molecular flexibility index (Phi) is 3.22. The summed E-state index contributed by atoms with van der Waals surface area (Å²) in [5.74, 6) is 0.881. The Hall–Kier alpha value is -1.13. The number of hydrogen-bond donors (Lipinski definition) is 1. The average Bonchev–Trinajstić information content (AvgIpc) is 2.97. The number of rotatable bonds is 2. The molecule has 0 aromatic carbocycles. The zero-order chi connectivity index (χ0) is 12.5. The van der Waals surface area contributed by atoms with Crippen LogP contribution in [-0.4, -0.2) is 33.9 Å². The lowest BCUT2D eigenvalue weighted by molar-refractivity contribution is 0.133. The fraction of sp³-hybridized carbons (Fsp3) is 0.643. The largest absolute Gasteiger partial charge is 0.372 e. The third-order valence-electron chi connectivity index (χ3n) is 4.03. The molecule has 4 nitrogen and oxygen atoms in total. The maximum Gasteiger partial charge on any atom is 0.145 e. The number of nitrogens with zero attached hydrogens (tertiary/aromatic N) is 3. The minimum absolute atomic E-state index is 0.417. The summed E-state index contributed by atoms with van der Waals surface area (Å²) in [5, 5.41) is 14.5. The van der Waals surface area contributed by atoms with Gasteiger partial charge < -0.3 is 5.11 Å². The van der Waals surface area contributed by atoms with Crippen LogP contribution in [0.5, 0.6) is 0 Å². The van der Waals surface area contributed by atoms with Gasteiger partial charge in [0.05, 0.1) is 0 Å². The van der Waals surface area contributed by atoms with Gasteiger partial charge in [-0.15, -0.1) is 0 Å². The van der Waals surface area contributed by atoms with Crippen molar-refractivity contribution in [3.63, 3.8) is 0 Å². The molecule has 0 spiro atoms. The number of aromatic nitrogens is 1. The van der Waals surface area contributed by atoms with Crippen LogP contribution in [-0.2, 0) is 0 Å². The molecule has 1 N–H and O–H groups in total. The number of hydrazine groups is 1. The van der Waals surface area contributed by atoms with Crippen LogP contribution >= 0.6 is 0 Å². The summed E-state index contributed by atoms with van der Waals surface area (Å²) < 4.78 is 0.